The minimum atomic E-state index is -3.97. The first-order valence-corrected chi connectivity index (χ1v) is 17.0. The standard InChI is InChI=1S/C33H39N3O10S/c1-43-24-9-11-25(12-10-24)47(41,42)36(16-18-37)17-19-44-31-21-23(27-22-45-28-7-3-2-6-26(28)32(27)39)20-29(46-31)33(40)34-13-5-15-35-14-4-8-30(35)38/h2-3,6-7,9-12,20,22-23,31,37H,4-5,8,13-19,21H2,1H3,(H,34,40)/t23-,31+/m1/s1. The van der Waals surface area contributed by atoms with Gasteiger partial charge in [0, 0.05) is 57.0 Å². The number of carbonyl (C=O) groups excluding carboxylic acids is 2. The van der Waals surface area contributed by atoms with E-state index in [2.05, 4.69) is 5.32 Å². The molecular weight excluding hydrogens is 630 g/mol. The van der Waals surface area contributed by atoms with E-state index in [0.717, 1.165) is 10.7 Å². The third-order valence-corrected chi connectivity index (χ3v) is 10.1. The summed E-state index contributed by atoms with van der Waals surface area (Å²) in [5.74, 6) is -0.547. The molecule has 1 fully saturated rings. The first kappa shape index (κ1) is 34.1. The second kappa shape index (κ2) is 15.6. The number of rotatable bonds is 15. The van der Waals surface area contributed by atoms with Gasteiger partial charge < -0.3 is 34.0 Å². The van der Waals surface area contributed by atoms with Crippen LogP contribution in [0.5, 0.6) is 5.75 Å². The van der Waals surface area contributed by atoms with Crippen molar-refractivity contribution in [2.24, 2.45) is 0 Å². The van der Waals surface area contributed by atoms with Gasteiger partial charge in [0.05, 0.1) is 36.9 Å². The molecule has 0 radical (unpaired) electrons. The van der Waals surface area contributed by atoms with E-state index in [1.54, 1.807) is 35.2 Å². The highest BCUT2D eigenvalue weighted by atomic mass is 32.2. The number of para-hydroxylation sites is 1. The lowest BCUT2D eigenvalue weighted by molar-refractivity contribution is -0.146. The summed E-state index contributed by atoms with van der Waals surface area (Å²) in [5.41, 5.74) is 0.507. The van der Waals surface area contributed by atoms with Crippen LogP contribution in [0.2, 0.25) is 0 Å². The first-order chi connectivity index (χ1) is 22.7. The van der Waals surface area contributed by atoms with Gasteiger partial charge in [0.1, 0.15) is 11.3 Å². The Labute approximate surface area is 272 Å². The number of benzene rings is 2. The van der Waals surface area contributed by atoms with Gasteiger partial charge in [-0.1, -0.05) is 12.1 Å². The molecule has 2 aromatic carbocycles. The molecule has 2 N–H and O–H groups in total. The topological polar surface area (TPSA) is 165 Å². The smallest absolute Gasteiger partial charge is 0.286 e. The Balaban J connectivity index is 1.29. The fourth-order valence-electron chi connectivity index (χ4n) is 5.63. The van der Waals surface area contributed by atoms with Gasteiger partial charge in [-0.3, -0.25) is 14.4 Å². The predicted octanol–water partition coefficient (Wildman–Crippen LogP) is 2.34. The molecule has 3 heterocycles. The van der Waals surface area contributed by atoms with Crippen molar-refractivity contribution in [2.45, 2.75) is 42.8 Å². The van der Waals surface area contributed by atoms with E-state index >= 15 is 0 Å². The van der Waals surface area contributed by atoms with Crippen LogP contribution in [0, 0.1) is 0 Å². The molecule has 13 nitrogen and oxygen atoms in total. The van der Waals surface area contributed by atoms with Crippen LogP contribution in [0.15, 0.2) is 80.7 Å². The van der Waals surface area contributed by atoms with Crippen molar-refractivity contribution < 1.29 is 41.7 Å². The number of likely N-dealkylation sites (tertiary alicyclic amines) is 1. The zero-order valence-corrected chi connectivity index (χ0v) is 26.9. The summed E-state index contributed by atoms with van der Waals surface area (Å²) in [6.07, 6.45) is 4.03. The van der Waals surface area contributed by atoms with Gasteiger partial charge in [0.2, 0.25) is 22.2 Å². The molecule has 1 aromatic heterocycles. The van der Waals surface area contributed by atoms with Gasteiger partial charge in [-0.15, -0.1) is 0 Å². The number of aliphatic hydroxyl groups is 1. The number of hydrogen-bond acceptors (Lipinski definition) is 10. The maximum absolute atomic E-state index is 13.4. The predicted molar refractivity (Wildman–Crippen MR) is 171 cm³/mol. The first-order valence-electron chi connectivity index (χ1n) is 15.5. The lowest BCUT2D eigenvalue weighted by Gasteiger charge is -2.30. The second-order valence-corrected chi connectivity index (χ2v) is 13.1. The Bertz CT molecular complexity index is 1760. The fourth-order valence-corrected chi connectivity index (χ4v) is 7.04. The molecule has 1 saturated heterocycles. The number of allylic oxidation sites excluding steroid dienone is 1. The molecule has 14 heteroatoms. The number of hydrogen-bond donors (Lipinski definition) is 2. The molecule has 2 aliphatic heterocycles. The maximum atomic E-state index is 13.4. The number of fused-ring (bicyclic) bond motifs is 1. The van der Waals surface area contributed by atoms with Crippen LogP contribution in [0.3, 0.4) is 0 Å². The van der Waals surface area contributed by atoms with Gasteiger partial charge in [-0.2, -0.15) is 4.31 Å². The minimum Gasteiger partial charge on any atom is -0.497 e. The van der Waals surface area contributed by atoms with E-state index in [9.17, 15) is 27.9 Å². The average molecular weight is 670 g/mol. The number of nitrogens with zero attached hydrogens (tertiary/aromatic N) is 2. The molecular formula is C33H39N3O10S. The van der Waals surface area contributed by atoms with Gasteiger partial charge in [-0.25, -0.2) is 8.42 Å². The number of nitrogens with one attached hydrogen (secondary N) is 1. The summed E-state index contributed by atoms with van der Waals surface area (Å²) in [4.78, 5) is 40.3. The van der Waals surface area contributed by atoms with Crippen LogP contribution >= 0.6 is 0 Å². The number of sulfonamides is 1. The van der Waals surface area contributed by atoms with E-state index in [1.807, 2.05) is 0 Å². The number of methoxy groups -OCH3 is 1. The maximum Gasteiger partial charge on any atom is 0.286 e. The SMILES string of the molecule is COc1ccc(S(=O)(=O)N(CCO)CCO[C@@H]2C[C@H](c3coc4ccccc4c3=O)C=C(C(=O)NCCCN3CCCC3=O)O2)cc1. The molecule has 0 saturated carbocycles. The third kappa shape index (κ3) is 8.19. The quantitative estimate of drug-likeness (QED) is 0.230. The van der Waals surface area contributed by atoms with Crippen molar-refractivity contribution in [3.63, 3.8) is 0 Å². The zero-order chi connectivity index (χ0) is 33.4. The zero-order valence-electron chi connectivity index (χ0n) is 26.1. The number of amides is 2. The van der Waals surface area contributed by atoms with Crippen LogP contribution in [0.1, 0.15) is 37.2 Å². The van der Waals surface area contributed by atoms with Crippen molar-refractivity contribution >= 4 is 32.8 Å². The third-order valence-electron chi connectivity index (χ3n) is 8.14. The van der Waals surface area contributed by atoms with Crippen molar-refractivity contribution in [1.29, 1.82) is 0 Å². The summed E-state index contributed by atoms with van der Waals surface area (Å²) < 4.78 is 50.4. The summed E-state index contributed by atoms with van der Waals surface area (Å²) in [5, 5.41) is 12.8. The summed E-state index contributed by atoms with van der Waals surface area (Å²) in [7, 11) is -2.50. The van der Waals surface area contributed by atoms with E-state index in [1.165, 1.54) is 37.6 Å². The van der Waals surface area contributed by atoms with Gasteiger partial charge in [0.15, 0.2) is 11.2 Å². The Morgan fingerprint density at radius 2 is 1.91 bits per heavy atom. The van der Waals surface area contributed by atoms with E-state index in [4.69, 9.17) is 18.6 Å². The molecule has 252 valence electrons. The lowest BCUT2D eigenvalue weighted by Crippen LogP contribution is -2.38. The molecule has 0 aliphatic carbocycles. The summed E-state index contributed by atoms with van der Waals surface area (Å²) in [6, 6.07) is 12.8. The molecule has 0 spiro atoms. The molecule has 2 amide bonds. The second-order valence-electron chi connectivity index (χ2n) is 11.2. The molecule has 5 rings (SSSR count). The minimum absolute atomic E-state index is 0.0275. The van der Waals surface area contributed by atoms with Crippen LogP contribution in [0.4, 0.5) is 0 Å². The van der Waals surface area contributed by atoms with Crippen molar-refractivity contribution in [3.8, 4) is 5.75 Å². The molecule has 2 atom stereocenters. The summed E-state index contributed by atoms with van der Waals surface area (Å²) >= 11 is 0. The molecule has 0 bridgehead atoms. The van der Waals surface area contributed by atoms with Crippen molar-refractivity contribution in [3.05, 3.63) is 82.4 Å². The Morgan fingerprint density at radius 3 is 2.64 bits per heavy atom. The van der Waals surface area contributed by atoms with E-state index < -0.39 is 34.7 Å². The van der Waals surface area contributed by atoms with Crippen LogP contribution < -0.4 is 15.5 Å². The monoisotopic (exact) mass is 669 g/mol. The van der Waals surface area contributed by atoms with Crippen molar-refractivity contribution in [2.75, 3.05) is 53.0 Å². The fraction of sp³-hybridized carbons (Fsp3) is 0.424. The number of aliphatic hydroxyl groups excluding tert-OH is 1. The van der Waals surface area contributed by atoms with Crippen LogP contribution in [0.25, 0.3) is 11.0 Å². The van der Waals surface area contributed by atoms with Crippen LogP contribution in [-0.4, -0.2) is 93.9 Å². The number of ether oxygens (including phenoxy) is 3. The van der Waals surface area contributed by atoms with Gasteiger partial charge >= 0.3 is 0 Å². The number of carbonyl (C=O) groups is 2. The van der Waals surface area contributed by atoms with Gasteiger partial charge in [0.25, 0.3) is 5.91 Å². The average Bonchev–Trinajstić information content (AvgIpc) is 3.50. The highest BCUT2D eigenvalue weighted by Gasteiger charge is 2.32. The summed E-state index contributed by atoms with van der Waals surface area (Å²) in [6.45, 7) is 0.740. The Morgan fingerprint density at radius 1 is 1.13 bits per heavy atom. The Kier molecular flexibility index (Phi) is 11.3. The van der Waals surface area contributed by atoms with Crippen molar-refractivity contribution in [1.82, 2.24) is 14.5 Å². The molecule has 3 aromatic rings. The largest absolute Gasteiger partial charge is 0.497 e. The van der Waals surface area contributed by atoms with Gasteiger partial charge in [-0.05, 0) is 55.3 Å². The molecule has 0 unspecified atom stereocenters. The highest BCUT2D eigenvalue weighted by molar-refractivity contribution is 7.89. The lowest BCUT2D eigenvalue weighted by atomic mass is 9.93. The molecule has 47 heavy (non-hydrogen) atoms. The van der Waals surface area contributed by atoms with E-state index in [-0.39, 0.29) is 48.1 Å². The normalized spacial score (nSPS) is 18.3. The Hall–Kier alpha value is -4.24. The molecule has 2 aliphatic rings. The van der Waals surface area contributed by atoms with Crippen LogP contribution in [-0.2, 0) is 29.1 Å². The van der Waals surface area contributed by atoms with E-state index in [0.29, 0.717) is 54.8 Å². The highest BCUT2D eigenvalue weighted by Crippen LogP contribution is 2.31.